The van der Waals surface area contributed by atoms with Crippen LogP contribution in [0.3, 0.4) is 0 Å². The number of alkyl halides is 1. The molecule has 14 heavy (non-hydrogen) atoms. The third-order valence-corrected chi connectivity index (χ3v) is 2.99. The summed E-state index contributed by atoms with van der Waals surface area (Å²) in [4.78, 5) is 0. The van der Waals surface area contributed by atoms with E-state index in [0.29, 0.717) is 6.42 Å². The van der Waals surface area contributed by atoms with Crippen LogP contribution >= 0.6 is 0 Å². The Labute approximate surface area is 84.3 Å². The number of benzene rings is 1. The second-order valence-electron chi connectivity index (χ2n) is 3.97. The van der Waals surface area contributed by atoms with Crippen molar-refractivity contribution in [1.29, 1.82) is 0 Å². The van der Waals surface area contributed by atoms with Gasteiger partial charge in [-0.25, -0.2) is 4.39 Å². The summed E-state index contributed by atoms with van der Waals surface area (Å²) in [5, 5.41) is 3.25. The van der Waals surface area contributed by atoms with E-state index < -0.39 is 6.17 Å². The number of rotatable bonds is 1. The molecule has 76 valence electrons. The Morgan fingerprint density at radius 1 is 1.36 bits per heavy atom. The highest BCUT2D eigenvalue weighted by Gasteiger charge is 2.26. The summed E-state index contributed by atoms with van der Waals surface area (Å²) in [5.74, 6) is 0.0462. The van der Waals surface area contributed by atoms with Crippen molar-refractivity contribution in [3.63, 3.8) is 0 Å². The molecule has 0 amide bonds. The summed E-state index contributed by atoms with van der Waals surface area (Å²) in [7, 11) is 0. The first-order valence-corrected chi connectivity index (χ1v) is 5.19. The van der Waals surface area contributed by atoms with Crippen LogP contribution in [-0.2, 0) is 0 Å². The lowest BCUT2D eigenvalue weighted by molar-refractivity contribution is 0.227. The van der Waals surface area contributed by atoms with E-state index in [1.807, 2.05) is 18.2 Å². The molecular formula is C12H16FN. The SMILES string of the molecule is Cc1ccccc1C1CNCCC1F. The van der Waals surface area contributed by atoms with Crippen LogP contribution in [0.25, 0.3) is 0 Å². The highest BCUT2D eigenvalue weighted by molar-refractivity contribution is 5.30. The van der Waals surface area contributed by atoms with E-state index in [4.69, 9.17) is 0 Å². The minimum absolute atomic E-state index is 0.0462. The van der Waals surface area contributed by atoms with Gasteiger partial charge in [-0.15, -0.1) is 0 Å². The van der Waals surface area contributed by atoms with Gasteiger partial charge in [0.1, 0.15) is 6.17 Å². The molecule has 1 aliphatic heterocycles. The maximum atomic E-state index is 13.7. The molecule has 1 heterocycles. The predicted molar refractivity (Wildman–Crippen MR) is 56.3 cm³/mol. The molecule has 2 heteroatoms. The minimum atomic E-state index is -0.683. The van der Waals surface area contributed by atoms with Crippen molar-refractivity contribution in [2.75, 3.05) is 13.1 Å². The van der Waals surface area contributed by atoms with Gasteiger partial charge in [0.2, 0.25) is 0 Å². The van der Waals surface area contributed by atoms with Gasteiger partial charge >= 0.3 is 0 Å². The number of halogens is 1. The third kappa shape index (κ3) is 1.80. The van der Waals surface area contributed by atoms with Gasteiger partial charge in [-0.05, 0) is 31.0 Å². The molecule has 2 rings (SSSR count). The molecule has 0 bridgehead atoms. The average molecular weight is 193 g/mol. The number of nitrogens with one attached hydrogen (secondary N) is 1. The zero-order valence-corrected chi connectivity index (χ0v) is 8.46. The Morgan fingerprint density at radius 3 is 2.86 bits per heavy atom. The summed E-state index contributed by atoms with van der Waals surface area (Å²) in [6.45, 7) is 3.63. The molecule has 2 unspecified atom stereocenters. The Balaban J connectivity index is 2.25. The molecule has 0 aliphatic carbocycles. The lowest BCUT2D eigenvalue weighted by atomic mass is 9.87. The molecule has 1 fully saturated rings. The fourth-order valence-corrected chi connectivity index (χ4v) is 2.13. The first-order chi connectivity index (χ1) is 6.79. The first-order valence-electron chi connectivity index (χ1n) is 5.19. The van der Waals surface area contributed by atoms with Crippen LogP contribution in [0.4, 0.5) is 4.39 Å². The van der Waals surface area contributed by atoms with Crippen molar-refractivity contribution in [3.8, 4) is 0 Å². The van der Waals surface area contributed by atoms with E-state index >= 15 is 0 Å². The molecule has 1 aromatic rings. The van der Waals surface area contributed by atoms with Crippen LogP contribution in [0, 0.1) is 6.92 Å². The van der Waals surface area contributed by atoms with Crippen LogP contribution in [0.5, 0.6) is 0 Å². The fraction of sp³-hybridized carbons (Fsp3) is 0.500. The smallest absolute Gasteiger partial charge is 0.109 e. The third-order valence-electron chi connectivity index (χ3n) is 2.99. The maximum Gasteiger partial charge on any atom is 0.109 e. The van der Waals surface area contributed by atoms with Crippen molar-refractivity contribution in [2.45, 2.75) is 25.4 Å². The van der Waals surface area contributed by atoms with Gasteiger partial charge in [0.15, 0.2) is 0 Å². The molecular weight excluding hydrogens is 177 g/mol. The summed E-state index contributed by atoms with van der Waals surface area (Å²) in [6.07, 6.45) is -0.0451. The fourth-order valence-electron chi connectivity index (χ4n) is 2.13. The van der Waals surface area contributed by atoms with Gasteiger partial charge in [0.05, 0.1) is 0 Å². The number of aryl methyl sites for hydroxylation is 1. The minimum Gasteiger partial charge on any atom is -0.316 e. The van der Waals surface area contributed by atoms with E-state index in [-0.39, 0.29) is 5.92 Å². The van der Waals surface area contributed by atoms with Crippen LogP contribution in [0.2, 0.25) is 0 Å². The van der Waals surface area contributed by atoms with Crippen molar-refractivity contribution in [1.82, 2.24) is 5.32 Å². The Kier molecular flexibility index (Phi) is 2.82. The van der Waals surface area contributed by atoms with Crippen LogP contribution < -0.4 is 5.32 Å². The Bertz CT molecular complexity index is 311. The molecule has 0 radical (unpaired) electrons. The molecule has 1 N–H and O–H groups in total. The molecule has 1 aromatic carbocycles. The molecule has 0 aromatic heterocycles. The molecule has 0 saturated carbocycles. The first kappa shape index (κ1) is 9.66. The van der Waals surface area contributed by atoms with Crippen molar-refractivity contribution in [3.05, 3.63) is 35.4 Å². The molecule has 1 nitrogen and oxygen atoms in total. The standard InChI is InChI=1S/C12H16FN/c1-9-4-2-3-5-10(9)11-8-14-7-6-12(11)13/h2-5,11-12,14H,6-8H2,1H3. The summed E-state index contributed by atoms with van der Waals surface area (Å²) >= 11 is 0. The largest absolute Gasteiger partial charge is 0.316 e. The van der Waals surface area contributed by atoms with Gasteiger partial charge in [-0.3, -0.25) is 0 Å². The zero-order valence-electron chi connectivity index (χ0n) is 8.46. The van der Waals surface area contributed by atoms with Gasteiger partial charge in [-0.2, -0.15) is 0 Å². The zero-order chi connectivity index (χ0) is 9.97. The van der Waals surface area contributed by atoms with Crippen LogP contribution in [0.1, 0.15) is 23.5 Å². The topological polar surface area (TPSA) is 12.0 Å². The lowest BCUT2D eigenvalue weighted by Gasteiger charge is -2.28. The van der Waals surface area contributed by atoms with Gasteiger partial charge in [0.25, 0.3) is 0 Å². The van der Waals surface area contributed by atoms with E-state index in [1.165, 1.54) is 5.56 Å². The quantitative estimate of drug-likeness (QED) is 0.722. The van der Waals surface area contributed by atoms with Crippen molar-refractivity contribution < 1.29 is 4.39 Å². The molecule has 1 aliphatic rings. The van der Waals surface area contributed by atoms with Gasteiger partial charge in [0, 0.05) is 12.5 Å². The Morgan fingerprint density at radius 2 is 2.14 bits per heavy atom. The predicted octanol–water partition coefficient (Wildman–Crippen LogP) is 2.41. The van der Waals surface area contributed by atoms with Crippen molar-refractivity contribution in [2.24, 2.45) is 0 Å². The highest BCUT2D eigenvalue weighted by Crippen LogP contribution is 2.28. The van der Waals surface area contributed by atoms with Crippen LogP contribution in [0.15, 0.2) is 24.3 Å². The molecule has 1 saturated heterocycles. The summed E-state index contributed by atoms with van der Waals surface area (Å²) in [6, 6.07) is 8.09. The van der Waals surface area contributed by atoms with Crippen molar-refractivity contribution >= 4 is 0 Å². The Hall–Kier alpha value is -0.890. The summed E-state index contributed by atoms with van der Waals surface area (Å²) < 4.78 is 13.7. The van der Waals surface area contributed by atoms with E-state index in [9.17, 15) is 4.39 Å². The highest BCUT2D eigenvalue weighted by atomic mass is 19.1. The van der Waals surface area contributed by atoms with E-state index in [1.54, 1.807) is 0 Å². The lowest BCUT2D eigenvalue weighted by Crippen LogP contribution is -2.36. The monoisotopic (exact) mass is 193 g/mol. The van der Waals surface area contributed by atoms with E-state index in [2.05, 4.69) is 18.3 Å². The van der Waals surface area contributed by atoms with Gasteiger partial charge in [-0.1, -0.05) is 24.3 Å². The molecule has 0 spiro atoms. The normalized spacial score (nSPS) is 27.6. The number of piperidine rings is 1. The maximum absolute atomic E-state index is 13.7. The number of hydrogen-bond acceptors (Lipinski definition) is 1. The van der Waals surface area contributed by atoms with Gasteiger partial charge < -0.3 is 5.32 Å². The van der Waals surface area contributed by atoms with E-state index in [0.717, 1.165) is 18.7 Å². The second kappa shape index (κ2) is 4.09. The average Bonchev–Trinajstić information content (AvgIpc) is 2.20. The second-order valence-corrected chi connectivity index (χ2v) is 3.97. The number of hydrogen-bond donors (Lipinski definition) is 1. The van der Waals surface area contributed by atoms with Crippen LogP contribution in [-0.4, -0.2) is 19.3 Å². The molecule has 2 atom stereocenters. The summed E-state index contributed by atoms with van der Waals surface area (Å²) in [5.41, 5.74) is 2.36.